The molecule has 0 spiro atoms. The van der Waals surface area contributed by atoms with Crippen LogP contribution in [0.1, 0.15) is 22.8 Å². The van der Waals surface area contributed by atoms with Crippen LogP contribution in [0.2, 0.25) is 0 Å². The number of rotatable bonds is 6. The van der Waals surface area contributed by atoms with E-state index in [9.17, 15) is 14.4 Å². The summed E-state index contributed by atoms with van der Waals surface area (Å²) in [4.78, 5) is 36.2. The molecule has 2 aromatic carbocycles. The van der Waals surface area contributed by atoms with Gasteiger partial charge in [0.1, 0.15) is 6.54 Å². The standard InChI is InChI=1S/C22H21N3O4/c1-3-29-22(28)16-8-10-17(11-9-16)23-20(26)14-25-21(27)13-12-19(24-25)18-7-5-4-6-15(18)2/h4-13H,3,14H2,1-2H3,(H,23,26). The van der Waals surface area contributed by atoms with Crippen molar-refractivity contribution in [2.45, 2.75) is 20.4 Å². The van der Waals surface area contributed by atoms with E-state index < -0.39 is 11.9 Å². The van der Waals surface area contributed by atoms with E-state index in [4.69, 9.17) is 4.74 Å². The first-order valence-corrected chi connectivity index (χ1v) is 9.19. The van der Waals surface area contributed by atoms with Gasteiger partial charge in [0.15, 0.2) is 0 Å². The van der Waals surface area contributed by atoms with Crippen LogP contribution < -0.4 is 10.9 Å². The number of nitrogens with zero attached hydrogens (tertiary/aromatic N) is 2. The van der Waals surface area contributed by atoms with Crippen LogP contribution in [0.3, 0.4) is 0 Å². The number of anilines is 1. The smallest absolute Gasteiger partial charge is 0.338 e. The fourth-order valence-corrected chi connectivity index (χ4v) is 2.81. The highest BCUT2D eigenvalue weighted by Crippen LogP contribution is 2.19. The van der Waals surface area contributed by atoms with Gasteiger partial charge in [0.05, 0.1) is 17.9 Å². The topological polar surface area (TPSA) is 90.3 Å². The SMILES string of the molecule is CCOC(=O)c1ccc(NC(=O)Cn2nc(-c3ccccc3C)ccc2=O)cc1. The Hall–Kier alpha value is -3.74. The van der Waals surface area contributed by atoms with E-state index in [0.29, 0.717) is 23.6 Å². The lowest BCUT2D eigenvalue weighted by Gasteiger charge is -2.10. The number of hydrogen-bond acceptors (Lipinski definition) is 5. The minimum Gasteiger partial charge on any atom is -0.462 e. The zero-order valence-electron chi connectivity index (χ0n) is 16.2. The highest BCUT2D eigenvalue weighted by Gasteiger charge is 2.11. The van der Waals surface area contributed by atoms with E-state index in [2.05, 4.69) is 10.4 Å². The molecule has 7 heteroatoms. The number of benzene rings is 2. The molecule has 1 amide bonds. The second-order valence-corrected chi connectivity index (χ2v) is 6.38. The highest BCUT2D eigenvalue weighted by molar-refractivity contribution is 5.93. The average Bonchev–Trinajstić information content (AvgIpc) is 2.71. The number of aryl methyl sites for hydroxylation is 1. The van der Waals surface area contributed by atoms with E-state index in [1.54, 1.807) is 37.3 Å². The molecular weight excluding hydrogens is 370 g/mol. The molecule has 0 atom stereocenters. The van der Waals surface area contributed by atoms with Crippen LogP contribution in [0, 0.1) is 6.92 Å². The highest BCUT2D eigenvalue weighted by atomic mass is 16.5. The van der Waals surface area contributed by atoms with Gasteiger partial charge in [-0.05, 0) is 49.7 Å². The van der Waals surface area contributed by atoms with Gasteiger partial charge in [-0.3, -0.25) is 9.59 Å². The summed E-state index contributed by atoms with van der Waals surface area (Å²) in [6.45, 7) is 3.76. The molecule has 0 aliphatic carbocycles. The zero-order valence-corrected chi connectivity index (χ0v) is 16.2. The van der Waals surface area contributed by atoms with E-state index in [0.717, 1.165) is 15.8 Å². The third-order valence-electron chi connectivity index (χ3n) is 4.26. The first-order valence-electron chi connectivity index (χ1n) is 9.19. The first kappa shape index (κ1) is 20.0. The summed E-state index contributed by atoms with van der Waals surface area (Å²) in [5.41, 5.74) is 3.08. The van der Waals surface area contributed by atoms with Gasteiger partial charge in [0.25, 0.3) is 5.56 Å². The molecule has 0 saturated carbocycles. The molecule has 3 aromatic rings. The number of carbonyl (C=O) groups excluding carboxylic acids is 2. The minimum absolute atomic E-state index is 0.224. The molecule has 1 aromatic heterocycles. The van der Waals surface area contributed by atoms with Crippen molar-refractivity contribution in [3.8, 4) is 11.3 Å². The Labute approximate surface area is 168 Å². The Morgan fingerprint density at radius 3 is 2.45 bits per heavy atom. The van der Waals surface area contributed by atoms with Crippen molar-refractivity contribution >= 4 is 17.6 Å². The number of ether oxygens (including phenoxy) is 1. The number of carbonyl (C=O) groups is 2. The van der Waals surface area contributed by atoms with E-state index in [1.807, 2.05) is 31.2 Å². The number of nitrogens with one attached hydrogen (secondary N) is 1. The third kappa shape index (κ3) is 4.95. The van der Waals surface area contributed by atoms with Crippen molar-refractivity contribution in [1.82, 2.24) is 9.78 Å². The van der Waals surface area contributed by atoms with Gasteiger partial charge >= 0.3 is 5.97 Å². The predicted octanol–water partition coefficient (Wildman–Crippen LogP) is 3.03. The number of aromatic nitrogens is 2. The Bertz CT molecular complexity index is 1090. The maximum atomic E-state index is 12.4. The van der Waals surface area contributed by atoms with E-state index >= 15 is 0 Å². The van der Waals surface area contributed by atoms with Crippen molar-refractivity contribution in [1.29, 1.82) is 0 Å². The molecule has 0 radical (unpaired) electrons. The number of hydrogen-bond donors (Lipinski definition) is 1. The van der Waals surface area contributed by atoms with Crippen molar-refractivity contribution in [2.75, 3.05) is 11.9 Å². The molecule has 0 fully saturated rings. The maximum Gasteiger partial charge on any atom is 0.338 e. The largest absolute Gasteiger partial charge is 0.462 e. The fraction of sp³-hybridized carbons (Fsp3) is 0.182. The van der Waals surface area contributed by atoms with Crippen LogP contribution in [-0.4, -0.2) is 28.3 Å². The molecule has 1 heterocycles. The predicted molar refractivity (Wildman–Crippen MR) is 110 cm³/mol. The molecule has 0 aliphatic heterocycles. The van der Waals surface area contributed by atoms with Crippen molar-refractivity contribution in [3.63, 3.8) is 0 Å². The van der Waals surface area contributed by atoms with Gasteiger partial charge < -0.3 is 10.1 Å². The summed E-state index contributed by atoms with van der Waals surface area (Å²) in [6.07, 6.45) is 0. The second kappa shape index (κ2) is 8.97. The summed E-state index contributed by atoms with van der Waals surface area (Å²) in [7, 11) is 0. The van der Waals surface area contributed by atoms with Crippen LogP contribution >= 0.6 is 0 Å². The second-order valence-electron chi connectivity index (χ2n) is 6.38. The molecule has 0 saturated heterocycles. The van der Waals surface area contributed by atoms with Crippen molar-refractivity contribution in [2.24, 2.45) is 0 Å². The van der Waals surface area contributed by atoms with Gasteiger partial charge in [-0.25, -0.2) is 9.48 Å². The molecule has 0 bridgehead atoms. The summed E-state index contributed by atoms with van der Waals surface area (Å²) in [5.74, 6) is -0.820. The quantitative estimate of drug-likeness (QED) is 0.652. The van der Waals surface area contributed by atoms with Crippen LogP contribution in [0.5, 0.6) is 0 Å². The average molecular weight is 391 g/mol. The molecule has 0 unspecified atom stereocenters. The minimum atomic E-state index is -0.422. The lowest BCUT2D eigenvalue weighted by molar-refractivity contribution is -0.117. The molecule has 29 heavy (non-hydrogen) atoms. The molecule has 148 valence electrons. The molecular formula is C22H21N3O4. The molecule has 0 aliphatic rings. The number of esters is 1. The molecule has 3 rings (SSSR count). The molecule has 1 N–H and O–H groups in total. The van der Waals surface area contributed by atoms with Gasteiger partial charge in [0.2, 0.25) is 5.91 Å². The Morgan fingerprint density at radius 2 is 1.76 bits per heavy atom. The third-order valence-corrected chi connectivity index (χ3v) is 4.26. The Balaban J connectivity index is 1.72. The summed E-state index contributed by atoms with van der Waals surface area (Å²) in [5, 5.41) is 7.02. The Morgan fingerprint density at radius 1 is 1.03 bits per heavy atom. The monoisotopic (exact) mass is 391 g/mol. The summed E-state index contributed by atoms with van der Waals surface area (Å²) in [6, 6.07) is 17.1. The lowest BCUT2D eigenvalue weighted by atomic mass is 10.1. The van der Waals surface area contributed by atoms with Crippen LogP contribution in [-0.2, 0) is 16.1 Å². The summed E-state index contributed by atoms with van der Waals surface area (Å²) >= 11 is 0. The van der Waals surface area contributed by atoms with Gasteiger partial charge in [-0.2, -0.15) is 5.10 Å². The van der Waals surface area contributed by atoms with E-state index in [1.165, 1.54) is 6.07 Å². The van der Waals surface area contributed by atoms with Crippen molar-refractivity contribution < 1.29 is 14.3 Å². The maximum absolute atomic E-state index is 12.4. The Kier molecular flexibility index (Phi) is 6.19. The van der Waals surface area contributed by atoms with Gasteiger partial charge in [0, 0.05) is 17.3 Å². The van der Waals surface area contributed by atoms with Gasteiger partial charge in [-0.15, -0.1) is 0 Å². The first-order chi connectivity index (χ1) is 14.0. The van der Waals surface area contributed by atoms with Crippen LogP contribution in [0.15, 0.2) is 65.5 Å². The van der Waals surface area contributed by atoms with Gasteiger partial charge in [-0.1, -0.05) is 24.3 Å². The molecule has 7 nitrogen and oxygen atoms in total. The summed E-state index contributed by atoms with van der Waals surface area (Å²) < 4.78 is 6.05. The van der Waals surface area contributed by atoms with Crippen molar-refractivity contribution in [3.05, 3.63) is 82.1 Å². The van der Waals surface area contributed by atoms with Crippen LogP contribution in [0.25, 0.3) is 11.3 Å². The lowest BCUT2D eigenvalue weighted by Crippen LogP contribution is -2.29. The van der Waals surface area contributed by atoms with E-state index in [-0.39, 0.29) is 12.1 Å². The fourth-order valence-electron chi connectivity index (χ4n) is 2.81. The van der Waals surface area contributed by atoms with Crippen LogP contribution in [0.4, 0.5) is 5.69 Å². The normalized spacial score (nSPS) is 10.4. The zero-order chi connectivity index (χ0) is 20.8. The number of amides is 1.